The van der Waals surface area contributed by atoms with Crippen LogP contribution in [0.2, 0.25) is 0 Å². The number of amides is 1. The van der Waals surface area contributed by atoms with Gasteiger partial charge in [0, 0.05) is 48.4 Å². The van der Waals surface area contributed by atoms with E-state index in [0.717, 1.165) is 5.69 Å². The van der Waals surface area contributed by atoms with E-state index in [9.17, 15) is 14.9 Å². The number of carbonyl (C=O) groups excluding carboxylic acids is 1. The highest BCUT2D eigenvalue weighted by molar-refractivity contribution is 9.10. The van der Waals surface area contributed by atoms with Gasteiger partial charge < -0.3 is 15.4 Å². The molecule has 0 fully saturated rings. The molecule has 0 atom stereocenters. The van der Waals surface area contributed by atoms with Crippen molar-refractivity contribution >= 4 is 33.2 Å². The summed E-state index contributed by atoms with van der Waals surface area (Å²) in [5, 5.41) is 16.6. The van der Waals surface area contributed by atoms with Crippen molar-refractivity contribution in [2.45, 2.75) is 13.3 Å². The summed E-state index contributed by atoms with van der Waals surface area (Å²) in [6.07, 6.45) is 0.312. The number of methoxy groups -OCH3 is 1. The SMILES string of the molecule is COCCNC(=O)CCNc1cc(C)c([N+](=O)[O-])cc1Br. The van der Waals surface area contributed by atoms with Gasteiger partial charge in [0.25, 0.3) is 5.69 Å². The Labute approximate surface area is 131 Å². The van der Waals surface area contributed by atoms with Crippen LogP contribution in [0.1, 0.15) is 12.0 Å². The van der Waals surface area contributed by atoms with Crippen LogP contribution >= 0.6 is 15.9 Å². The third-order valence-electron chi connectivity index (χ3n) is 2.78. The summed E-state index contributed by atoms with van der Waals surface area (Å²) in [4.78, 5) is 21.9. The number of rotatable bonds is 8. The van der Waals surface area contributed by atoms with Gasteiger partial charge >= 0.3 is 0 Å². The van der Waals surface area contributed by atoms with Gasteiger partial charge in [0.2, 0.25) is 5.91 Å². The van der Waals surface area contributed by atoms with Crippen LogP contribution in [0, 0.1) is 17.0 Å². The van der Waals surface area contributed by atoms with Crippen LogP contribution in [0.3, 0.4) is 0 Å². The van der Waals surface area contributed by atoms with Crippen molar-refractivity contribution in [3.8, 4) is 0 Å². The number of benzene rings is 1. The molecule has 21 heavy (non-hydrogen) atoms. The molecule has 0 heterocycles. The molecule has 1 amide bonds. The van der Waals surface area contributed by atoms with Crippen molar-refractivity contribution < 1.29 is 14.5 Å². The number of ether oxygens (including phenoxy) is 1. The molecule has 0 aliphatic heterocycles. The van der Waals surface area contributed by atoms with Crippen molar-refractivity contribution in [2.24, 2.45) is 0 Å². The molecule has 0 saturated heterocycles. The number of nitro benzene ring substituents is 1. The van der Waals surface area contributed by atoms with Gasteiger partial charge in [-0.2, -0.15) is 0 Å². The predicted octanol–water partition coefficient (Wildman–Crippen LogP) is 2.23. The molecule has 1 aromatic carbocycles. The predicted molar refractivity (Wildman–Crippen MR) is 83.5 cm³/mol. The van der Waals surface area contributed by atoms with Crippen molar-refractivity contribution in [3.05, 3.63) is 32.3 Å². The Morgan fingerprint density at radius 2 is 2.14 bits per heavy atom. The van der Waals surface area contributed by atoms with Gasteiger partial charge in [0.05, 0.1) is 11.5 Å². The van der Waals surface area contributed by atoms with E-state index in [1.54, 1.807) is 20.1 Å². The van der Waals surface area contributed by atoms with Gasteiger partial charge in [0.15, 0.2) is 0 Å². The molecule has 0 aliphatic rings. The first-order valence-corrected chi connectivity index (χ1v) is 7.19. The third kappa shape index (κ3) is 5.68. The maximum atomic E-state index is 11.5. The average Bonchev–Trinajstić information content (AvgIpc) is 2.42. The quantitative estimate of drug-likeness (QED) is 0.421. The molecule has 0 unspecified atom stereocenters. The van der Waals surface area contributed by atoms with Gasteiger partial charge in [-0.05, 0) is 28.9 Å². The van der Waals surface area contributed by atoms with Crippen LogP contribution in [0.5, 0.6) is 0 Å². The lowest BCUT2D eigenvalue weighted by atomic mass is 10.2. The third-order valence-corrected chi connectivity index (χ3v) is 3.43. The van der Waals surface area contributed by atoms with E-state index in [1.165, 1.54) is 6.07 Å². The Morgan fingerprint density at radius 1 is 1.43 bits per heavy atom. The first-order chi connectivity index (χ1) is 9.95. The standard InChI is InChI=1S/C13H18BrN3O4/c1-9-7-11(10(14)8-12(9)17(19)20)15-4-3-13(18)16-5-6-21-2/h7-8,15H,3-6H2,1-2H3,(H,16,18). The molecule has 8 heteroatoms. The number of nitrogens with zero attached hydrogens (tertiary/aromatic N) is 1. The summed E-state index contributed by atoms with van der Waals surface area (Å²) in [7, 11) is 1.57. The second kappa shape index (κ2) is 8.58. The van der Waals surface area contributed by atoms with E-state index in [1.807, 2.05) is 0 Å². The molecular formula is C13H18BrN3O4. The maximum absolute atomic E-state index is 11.5. The zero-order valence-electron chi connectivity index (χ0n) is 11.9. The summed E-state index contributed by atoms with van der Waals surface area (Å²) in [6, 6.07) is 3.14. The van der Waals surface area contributed by atoms with E-state index in [4.69, 9.17) is 4.74 Å². The van der Waals surface area contributed by atoms with Crippen molar-refractivity contribution in [1.29, 1.82) is 0 Å². The largest absolute Gasteiger partial charge is 0.384 e. The molecule has 1 aromatic rings. The maximum Gasteiger partial charge on any atom is 0.273 e. The Balaban J connectivity index is 2.51. The molecule has 116 valence electrons. The Hall–Kier alpha value is -1.67. The molecule has 0 bridgehead atoms. The normalized spacial score (nSPS) is 10.2. The molecule has 0 radical (unpaired) electrons. The van der Waals surface area contributed by atoms with Crippen LogP contribution < -0.4 is 10.6 Å². The van der Waals surface area contributed by atoms with Gasteiger partial charge in [-0.25, -0.2) is 0 Å². The minimum atomic E-state index is -0.423. The molecule has 0 aromatic heterocycles. The van der Waals surface area contributed by atoms with E-state index >= 15 is 0 Å². The first kappa shape index (κ1) is 17.4. The second-order valence-electron chi connectivity index (χ2n) is 4.40. The topological polar surface area (TPSA) is 93.5 Å². The fourth-order valence-electron chi connectivity index (χ4n) is 1.69. The van der Waals surface area contributed by atoms with E-state index < -0.39 is 4.92 Å². The van der Waals surface area contributed by atoms with E-state index in [2.05, 4.69) is 26.6 Å². The number of aryl methyl sites for hydroxylation is 1. The number of anilines is 1. The second-order valence-corrected chi connectivity index (χ2v) is 5.25. The number of nitrogens with one attached hydrogen (secondary N) is 2. The fourth-order valence-corrected chi connectivity index (χ4v) is 2.17. The molecule has 7 nitrogen and oxygen atoms in total. The number of hydrogen-bond donors (Lipinski definition) is 2. The van der Waals surface area contributed by atoms with Crippen LogP contribution in [0.25, 0.3) is 0 Å². The van der Waals surface area contributed by atoms with Crippen molar-refractivity contribution in [1.82, 2.24) is 5.32 Å². The Kier molecular flexibility index (Phi) is 7.10. The van der Waals surface area contributed by atoms with E-state index in [-0.39, 0.29) is 11.6 Å². The summed E-state index contributed by atoms with van der Waals surface area (Å²) < 4.78 is 5.43. The molecule has 0 spiro atoms. The van der Waals surface area contributed by atoms with Gasteiger partial charge in [-0.15, -0.1) is 0 Å². The fraction of sp³-hybridized carbons (Fsp3) is 0.462. The zero-order valence-corrected chi connectivity index (χ0v) is 13.5. The summed E-state index contributed by atoms with van der Waals surface area (Å²) in [6.45, 7) is 3.07. The highest BCUT2D eigenvalue weighted by Gasteiger charge is 2.14. The molecule has 0 saturated carbocycles. The lowest BCUT2D eigenvalue weighted by molar-refractivity contribution is -0.385. The Morgan fingerprint density at radius 3 is 2.76 bits per heavy atom. The summed E-state index contributed by atoms with van der Waals surface area (Å²) >= 11 is 3.28. The molecule has 0 aliphatic carbocycles. The van der Waals surface area contributed by atoms with Crippen LogP contribution in [0.15, 0.2) is 16.6 Å². The van der Waals surface area contributed by atoms with Gasteiger partial charge in [0.1, 0.15) is 0 Å². The minimum absolute atomic E-state index is 0.0599. The Bertz CT molecular complexity index is 522. The molecule has 2 N–H and O–H groups in total. The molecular weight excluding hydrogens is 342 g/mol. The summed E-state index contributed by atoms with van der Waals surface area (Å²) in [5.74, 6) is -0.0747. The lowest BCUT2D eigenvalue weighted by Crippen LogP contribution is -2.28. The number of halogens is 1. The smallest absolute Gasteiger partial charge is 0.273 e. The number of hydrogen-bond acceptors (Lipinski definition) is 5. The first-order valence-electron chi connectivity index (χ1n) is 6.39. The number of nitro groups is 1. The van der Waals surface area contributed by atoms with Crippen molar-refractivity contribution in [3.63, 3.8) is 0 Å². The van der Waals surface area contributed by atoms with Gasteiger partial charge in [-0.1, -0.05) is 0 Å². The summed E-state index contributed by atoms with van der Waals surface area (Å²) in [5.41, 5.74) is 1.35. The van der Waals surface area contributed by atoms with Gasteiger partial charge in [-0.3, -0.25) is 14.9 Å². The monoisotopic (exact) mass is 359 g/mol. The minimum Gasteiger partial charge on any atom is -0.384 e. The van der Waals surface area contributed by atoms with Crippen LogP contribution in [0.4, 0.5) is 11.4 Å². The average molecular weight is 360 g/mol. The van der Waals surface area contributed by atoms with Crippen LogP contribution in [-0.4, -0.2) is 37.6 Å². The van der Waals surface area contributed by atoms with Crippen LogP contribution in [-0.2, 0) is 9.53 Å². The highest BCUT2D eigenvalue weighted by atomic mass is 79.9. The molecule has 1 rings (SSSR count). The highest BCUT2D eigenvalue weighted by Crippen LogP contribution is 2.30. The number of carbonyl (C=O) groups is 1. The van der Waals surface area contributed by atoms with E-state index in [0.29, 0.717) is 36.2 Å². The van der Waals surface area contributed by atoms with Crippen molar-refractivity contribution in [2.75, 3.05) is 32.1 Å². The zero-order chi connectivity index (χ0) is 15.8. The lowest BCUT2D eigenvalue weighted by Gasteiger charge is -2.10.